The molecule has 0 aromatic heterocycles. The molecule has 0 saturated heterocycles. The van der Waals surface area contributed by atoms with Crippen LogP contribution in [0.4, 0.5) is 10.1 Å². The zero-order chi connectivity index (χ0) is 33.3. The quantitative estimate of drug-likeness (QED) is 0.172. The van der Waals surface area contributed by atoms with Crippen molar-refractivity contribution in [1.82, 2.24) is 10.2 Å². The van der Waals surface area contributed by atoms with Crippen LogP contribution in [0, 0.1) is 5.82 Å². The molecule has 2 atom stereocenters. The molecule has 0 radical (unpaired) electrons. The van der Waals surface area contributed by atoms with Gasteiger partial charge in [-0.1, -0.05) is 61.0 Å². The standard InChI is InChI=1S/C35H37ClFN3O5S/c1-4-25(2)38-35(42)33(22-26-9-6-5-7-10-26)39(23-27-11-8-12-28(36)21-27)34(41)24-40(30-15-13-29(37)14-16-30)46(43,44)32-19-17-31(45-3)18-20-32/h5-21,25,33H,4,22-24H2,1-3H3,(H,38,42)/t25-,33-/m0/s1. The number of carbonyl (C=O) groups excluding carboxylic acids is 2. The van der Waals surface area contributed by atoms with E-state index < -0.39 is 34.3 Å². The van der Waals surface area contributed by atoms with Crippen molar-refractivity contribution in [2.75, 3.05) is 18.0 Å². The van der Waals surface area contributed by atoms with E-state index in [1.807, 2.05) is 44.2 Å². The third-order valence-electron chi connectivity index (χ3n) is 7.55. The van der Waals surface area contributed by atoms with Gasteiger partial charge in [0.25, 0.3) is 10.0 Å². The molecular formula is C35H37ClFN3O5S. The number of halogens is 2. The predicted molar refractivity (Wildman–Crippen MR) is 178 cm³/mol. The Labute approximate surface area is 274 Å². The molecule has 0 bridgehead atoms. The van der Waals surface area contributed by atoms with Crippen molar-refractivity contribution in [2.45, 2.75) is 50.2 Å². The van der Waals surface area contributed by atoms with Gasteiger partial charge in [-0.05, 0) is 85.1 Å². The smallest absolute Gasteiger partial charge is 0.264 e. The molecule has 0 spiro atoms. The largest absolute Gasteiger partial charge is 0.497 e. The van der Waals surface area contributed by atoms with Crippen molar-refractivity contribution in [3.05, 3.63) is 125 Å². The summed E-state index contributed by atoms with van der Waals surface area (Å²) < 4.78 is 48.2. The summed E-state index contributed by atoms with van der Waals surface area (Å²) in [5, 5.41) is 3.44. The van der Waals surface area contributed by atoms with Gasteiger partial charge in [0, 0.05) is 24.0 Å². The van der Waals surface area contributed by atoms with Crippen molar-refractivity contribution in [3.63, 3.8) is 0 Å². The number of amides is 2. The number of nitrogens with one attached hydrogen (secondary N) is 1. The molecule has 2 amide bonds. The number of anilines is 1. The Morgan fingerprint density at radius 3 is 2.17 bits per heavy atom. The maximum Gasteiger partial charge on any atom is 0.264 e. The van der Waals surface area contributed by atoms with Gasteiger partial charge in [-0.15, -0.1) is 0 Å². The van der Waals surface area contributed by atoms with Crippen LogP contribution in [-0.2, 0) is 32.6 Å². The molecule has 1 N–H and O–H groups in total. The molecule has 4 aromatic rings. The van der Waals surface area contributed by atoms with E-state index in [9.17, 15) is 22.4 Å². The molecule has 0 aliphatic rings. The van der Waals surface area contributed by atoms with Crippen LogP contribution in [-0.4, -0.2) is 50.9 Å². The van der Waals surface area contributed by atoms with Crippen LogP contribution in [0.1, 0.15) is 31.4 Å². The number of methoxy groups -OCH3 is 1. The SMILES string of the molecule is CC[C@H](C)NC(=O)[C@H](Cc1ccccc1)N(Cc1cccc(Cl)c1)C(=O)CN(c1ccc(F)cc1)S(=O)(=O)c1ccc(OC)cc1. The van der Waals surface area contributed by atoms with Crippen LogP contribution < -0.4 is 14.4 Å². The lowest BCUT2D eigenvalue weighted by Crippen LogP contribution is -2.54. The first kappa shape index (κ1) is 34.5. The van der Waals surface area contributed by atoms with E-state index in [0.29, 0.717) is 22.8 Å². The number of hydrogen-bond donors (Lipinski definition) is 1. The Balaban J connectivity index is 1.80. The fourth-order valence-corrected chi connectivity index (χ4v) is 6.47. The van der Waals surface area contributed by atoms with E-state index in [2.05, 4.69) is 5.32 Å². The fourth-order valence-electron chi connectivity index (χ4n) is 4.84. The number of nitrogens with zero attached hydrogens (tertiary/aromatic N) is 2. The Kier molecular flexibility index (Phi) is 11.8. The highest BCUT2D eigenvalue weighted by molar-refractivity contribution is 7.92. The van der Waals surface area contributed by atoms with Gasteiger partial charge in [-0.2, -0.15) is 0 Å². The summed E-state index contributed by atoms with van der Waals surface area (Å²) in [6.07, 6.45) is 0.849. The molecule has 0 saturated carbocycles. The Morgan fingerprint density at radius 2 is 1.57 bits per heavy atom. The lowest BCUT2D eigenvalue weighted by atomic mass is 10.0. The van der Waals surface area contributed by atoms with Crippen LogP contribution in [0.25, 0.3) is 0 Å². The van der Waals surface area contributed by atoms with Crippen LogP contribution in [0.3, 0.4) is 0 Å². The maximum atomic E-state index is 14.5. The van der Waals surface area contributed by atoms with E-state index in [4.69, 9.17) is 16.3 Å². The van der Waals surface area contributed by atoms with Gasteiger partial charge in [-0.3, -0.25) is 13.9 Å². The number of sulfonamides is 1. The van der Waals surface area contributed by atoms with Gasteiger partial charge in [0.2, 0.25) is 11.8 Å². The predicted octanol–water partition coefficient (Wildman–Crippen LogP) is 6.24. The van der Waals surface area contributed by atoms with E-state index in [1.165, 1.54) is 48.4 Å². The molecule has 11 heteroatoms. The molecule has 242 valence electrons. The topological polar surface area (TPSA) is 96.0 Å². The summed E-state index contributed by atoms with van der Waals surface area (Å²) in [5.74, 6) is -1.13. The molecule has 0 heterocycles. The van der Waals surface area contributed by atoms with Crippen molar-refractivity contribution >= 4 is 39.1 Å². The van der Waals surface area contributed by atoms with E-state index >= 15 is 0 Å². The molecule has 0 unspecified atom stereocenters. The lowest BCUT2D eigenvalue weighted by Gasteiger charge is -2.34. The van der Waals surface area contributed by atoms with Gasteiger partial charge in [0.05, 0.1) is 17.7 Å². The summed E-state index contributed by atoms with van der Waals surface area (Å²) >= 11 is 6.28. The van der Waals surface area contributed by atoms with Crippen LogP contribution in [0.5, 0.6) is 5.75 Å². The van der Waals surface area contributed by atoms with Gasteiger partial charge in [-0.25, -0.2) is 12.8 Å². The van der Waals surface area contributed by atoms with E-state index in [-0.39, 0.29) is 35.5 Å². The number of rotatable bonds is 14. The van der Waals surface area contributed by atoms with Gasteiger partial charge >= 0.3 is 0 Å². The van der Waals surface area contributed by atoms with Gasteiger partial charge in [0.1, 0.15) is 24.2 Å². The van der Waals surface area contributed by atoms with E-state index in [0.717, 1.165) is 22.0 Å². The van der Waals surface area contributed by atoms with Crippen molar-refractivity contribution in [1.29, 1.82) is 0 Å². The molecule has 0 aliphatic carbocycles. The second kappa shape index (κ2) is 15.7. The van der Waals surface area contributed by atoms with Crippen molar-refractivity contribution in [2.24, 2.45) is 0 Å². The summed E-state index contributed by atoms with van der Waals surface area (Å²) in [6, 6.07) is 25.6. The summed E-state index contributed by atoms with van der Waals surface area (Å²) in [4.78, 5) is 29.6. The minimum atomic E-state index is -4.34. The number of benzene rings is 4. The molecule has 0 aliphatic heterocycles. The normalized spacial score (nSPS) is 12.5. The summed E-state index contributed by atoms with van der Waals surface area (Å²) in [5.41, 5.74) is 1.55. The Hall–Kier alpha value is -4.41. The van der Waals surface area contributed by atoms with Gasteiger partial charge in [0.15, 0.2) is 0 Å². The summed E-state index contributed by atoms with van der Waals surface area (Å²) in [6.45, 7) is 3.13. The maximum absolute atomic E-state index is 14.5. The first-order valence-electron chi connectivity index (χ1n) is 14.8. The zero-order valence-corrected chi connectivity index (χ0v) is 27.5. The number of ether oxygens (including phenoxy) is 1. The monoisotopic (exact) mass is 665 g/mol. The van der Waals surface area contributed by atoms with Crippen molar-refractivity contribution < 1.29 is 27.1 Å². The second-order valence-corrected chi connectivity index (χ2v) is 13.1. The first-order chi connectivity index (χ1) is 22.0. The second-order valence-electron chi connectivity index (χ2n) is 10.8. The molecule has 4 aromatic carbocycles. The average molecular weight is 666 g/mol. The highest BCUT2D eigenvalue weighted by atomic mass is 35.5. The first-order valence-corrected chi connectivity index (χ1v) is 16.6. The Morgan fingerprint density at radius 1 is 0.913 bits per heavy atom. The molecule has 8 nitrogen and oxygen atoms in total. The van der Waals surface area contributed by atoms with Crippen LogP contribution in [0.2, 0.25) is 5.02 Å². The zero-order valence-electron chi connectivity index (χ0n) is 25.9. The third kappa shape index (κ3) is 8.86. The molecular weight excluding hydrogens is 629 g/mol. The fraction of sp³-hybridized carbons (Fsp3) is 0.257. The molecule has 0 fully saturated rings. The van der Waals surface area contributed by atoms with Crippen LogP contribution in [0.15, 0.2) is 108 Å². The lowest BCUT2D eigenvalue weighted by molar-refractivity contribution is -0.140. The minimum absolute atomic E-state index is 0.0232. The van der Waals surface area contributed by atoms with E-state index in [1.54, 1.807) is 24.3 Å². The van der Waals surface area contributed by atoms with Crippen LogP contribution >= 0.6 is 11.6 Å². The Bertz CT molecular complexity index is 1720. The molecule has 46 heavy (non-hydrogen) atoms. The number of hydrogen-bond acceptors (Lipinski definition) is 5. The molecule has 4 rings (SSSR count). The summed E-state index contributed by atoms with van der Waals surface area (Å²) in [7, 11) is -2.88. The van der Waals surface area contributed by atoms with Crippen molar-refractivity contribution in [3.8, 4) is 5.75 Å². The highest BCUT2D eigenvalue weighted by Crippen LogP contribution is 2.27. The number of carbonyl (C=O) groups is 2. The third-order valence-corrected chi connectivity index (χ3v) is 9.58. The average Bonchev–Trinajstić information content (AvgIpc) is 3.06. The highest BCUT2D eigenvalue weighted by Gasteiger charge is 2.35. The van der Waals surface area contributed by atoms with Gasteiger partial charge < -0.3 is 15.0 Å². The minimum Gasteiger partial charge on any atom is -0.497 e.